The van der Waals surface area contributed by atoms with Crippen molar-refractivity contribution < 1.29 is 14.7 Å². The Morgan fingerprint density at radius 2 is 1.66 bits per heavy atom. The monoisotopic (exact) mass is 469 g/mol. The lowest BCUT2D eigenvalue weighted by Gasteiger charge is -2.23. The van der Waals surface area contributed by atoms with Gasteiger partial charge < -0.3 is 10.0 Å². The van der Waals surface area contributed by atoms with Gasteiger partial charge in [-0.2, -0.15) is 5.21 Å². The fourth-order valence-electron chi connectivity index (χ4n) is 4.01. The Hall–Kier alpha value is -4.33. The predicted molar refractivity (Wildman–Crippen MR) is 132 cm³/mol. The van der Waals surface area contributed by atoms with Gasteiger partial charge in [0.1, 0.15) is 0 Å². The van der Waals surface area contributed by atoms with Crippen LogP contribution in [0.3, 0.4) is 0 Å². The van der Waals surface area contributed by atoms with Crippen LogP contribution >= 0.6 is 0 Å². The highest BCUT2D eigenvalue weighted by Crippen LogP contribution is 2.30. The Morgan fingerprint density at radius 3 is 2.34 bits per heavy atom. The van der Waals surface area contributed by atoms with Crippen molar-refractivity contribution in [3.05, 3.63) is 89.5 Å². The molecule has 2 N–H and O–H groups in total. The number of carbonyl (C=O) groups is 2. The Kier molecular flexibility index (Phi) is 7.62. The Labute approximate surface area is 203 Å². The molecule has 0 atom stereocenters. The van der Waals surface area contributed by atoms with Crippen molar-refractivity contribution in [3.63, 3.8) is 0 Å². The number of H-pyrrole nitrogens is 1. The Balaban J connectivity index is 1.53. The molecular weight excluding hydrogens is 442 g/mol. The zero-order valence-electron chi connectivity index (χ0n) is 19.5. The maximum Gasteiger partial charge on any atom is 0.335 e. The molecule has 0 radical (unpaired) electrons. The van der Waals surface area contributed by atoms with Gasteiger partial charge in [0.25, 0.3) is 0 Å². The first kappa shape index (κ1) is 23.8. The van der Waals surface area contributed by atoms with Crippen molar-refractivity contribution in [1.29, 1.82) is 0 Å². The van der Waals surface area contributed by atoms with Gasteiger partial charge >= 0.3 is 5.97 Å². The van der Waals surface area contributed by atoms with Crippen molar-refractivity contribution >= 4 is 11.9 Å². The van der Waals surface area contributed by atoms with Crippen LogP contribution in [-0.2, 0) is 17.8 Å². The van der Waals surface area contributed by atoms with Gasteiger partial charge in [-0.05, 0) is 40.0 Å². The van der Waals surface area contributed by atoms with Crippen LogP contribution in [-0.4, -0.2) is 49.1 Å². The van der Waals surface area contributed by atoms with Gasteiger partial charge in [0, 0.05) is 18.7 Å². The third-order valence-electron chi connectivity index (χ3n) is 5.88. The van der Waals surface area contributed by atoms with E-state index in [2.05, 4.69) is 27.5 Å². The molecule has 3 aromatic carbocycles. The molecule has 1 heterocycles. The number of rotatable bonds is 10. The van der Waals surface area contributed by atoms with Crippen LogP contribution in [0.1, 0.15) is 41.3 Å². The Bertz CT molecular complexity index is 1290. The molecule has 0 aliphatic heterocycles. The van der Waals surface area contributed by atoms with Gasteiger partial charge in [-0.15, -0.1) is 10.2 Å². The lowest BCUT2D eigenvalue weighted by Crippen LogP contribution is -2.33. The second kappa shape index (κ2) is 11.2. The van der Waals surface area contributed by atoms with E-state index in [1.54, 1.807) is 18.2 Å². The van der Waals surface area contributed by atoms with Gasteiger partial charge in [-0.25, -0.2) is 4.79 Å². The standard InChI is InChI=1S/C27H27N5O3/c1-2-3-16-32(25(33)17-21-8-4-5-10-23(21)27(34)35)18-19-12-14-20(15-13-19)22-9-6-7-11-24(22)26-28-30-31-29-26/h4-15H,2-3,16-18H2,1H3,(H,34,35)(H,28,29,30,31). The van der Waals surface area contributed by atoms with E-state index in [1.807, 2.05) is 53.4 Å². The van der Waals surface area contributed by atoms with Crippen molar-refractivity contribution in [1.82, 2.24) is 25.5 Å². The first-order valence-electron chi connectivity index (χ1n) is 11.6. The van der Waals surface area contributed by atoms with Crippen molar-refractivity contribution in [2.75, 3.05) is 6.54 Å². The van der Waals surface area contributed by atoms with Crippen molar-refractivity contribution in [2.45, 2.75) is 32.7 Å². The number of hydrogen-bond acceptors (Lipinski definition) is 5. The number of carboxylic acid groups (broad SMARTS) is 1. The molecule has 0 fully saturated rings. The molecule has 8 nitrogen and oxygen atoms in total. The maximum absolute atomic E-state index is 13.2. The summed E-state index contributed by atoms with van der Waals surface area (Å²) in [6.45, 7) is 3.16. The summed E-state index contributed by atoms with van der Waals surface area (Å²) in [6.07, 6.45) is 1.89. The third kappa shape index (κ3) is 5.78. The number of aromatic nitrogens is 4. The number of nitrogens with zero attached hydrogens (tertiary/aromatic N) is 4. The van der Waals surface area contributed by atoms with Gasteiger partial charge in [-0.3, -0.25) is 4.79 Å². The molecule has 0 bridgehead atoms. The number of carboxylic acids is 1. The maximum atomic E-state index is 13.2. The van der Waals surface area contributed by atoms with Crippen molar-refractivity contribution in [3.8, 4) is 22.5 Å². The van der Waals surface area contributed by atoms with Crippen LogP contribution in [0.15, 0.2) is 72.8 Å². The summed E-state index contributed by atoms with van der Waals surface area (Å²) in [6, 6.07) is 22.6. The van der Waals surface area contributed by atoms with Crippen LogP contribution in [0.4, 0.5) is 0 Å². The van der Waals surface area contributed by atoms with Gasteiger partial charge in [0.05, 0.1) is 12.0 Å². The SMILES string of the molecule is CCCCN(Cc1ccc(-c2ccccc2-c2nn[nH]n2)cc1)C(=O)Cc1ccccc1C(=O)O. The molecule has 35 heavy (non-hydrogen) atoms. The molecule has 4 rings (SSSR count). The number of unbranched alkanes of at least 4 members (excludes halogenated alkanes) is 1. The van der Waals surface area contributed by atoms with E-state index in [-0.39, 0.29) is 17.9 Å². The van der Waals surface area contributed by atoms with Crippen LogP contribution in [0.5, 0.6) is 0 Å². The number of amides is 1. The molecule has 0 aliphatic carbocycles. The van der Waals surface area contributed by atoms with Crippen LogP contribution in [0.25, 0.3) is 22.5 Å². The number of aromatic carboxylic acids is 1. The summed E-state index contributed by atoms with van der Waals surface area (Å²) in [5.41, 5.74) is 4.58. The molecule has 0 spiro atoms. The molecule has 0 aliphatic rings. The van der Waals surface area contributed by atoms with E-state index in [0.717, 1.165) is 35.1 Å². The summed E-state index contributed by atoms with van der Waals surface area (Å²) in [5.74, 6) is -0.577. The third-order valence-corrected chi connectivity index (χ3v) is 5.88. The molecule has 0 saturated heterocycles. The second-order valence-corrected chi connectivity index (χ2v) is 8.29. The molecular formula is C27H27N5O3. The molecule has 0 unspecified atom stereocenters. The average molecular weight is 470 g/mol. The van der Waals surface area contributed by atoms with E-state index < -0.39 is 5.97 Å². The van der Waals surface area contributed by atoms with E-state index in [9.17, 15) is 14.7 Å². The predicted octanol–water partition coefficient (Wildman–Crippen LogP) is 4.60. The fourth-order valence-corrected chi connectivity index (χ4v) is 4.01. The van der Waals surface area contributed by atoms with Gasteiger partial charge in [0.2, 0.25) is 11.7 Å². The van der Waals surface area contributed by atoms with E-state index in [1.165, 1.54) is 6.07 Å². The second-order valence-electron chi connectivity index (χ2n) is 8.29. The zero-order valence-corrected chi connectivity index (χ0v) is 19.5. The van der Waals surface area contributed by atoms with Crippen LogP contribution in [0.2, 0.25) is 0 Å². The topological polar surface area (TPSA) is 112 Å². The number of aromatic amines is 1. The molecule has 4 aromatic rings. The smallest absolute Gasteiger partial charge is 0.335 e. The zero-order chi connectivity index (χ0) is 24.6. The molecule has 1 aromatic heterocycles. The van der Waals surface area contributed by atoms with Gasteiger partial charge in [0.15, 0.2) is 0 Å². The largest absolute Gasteiger partial charge is 0.478 e. The first-order chi connectivity index (χ1) is 17.1. The summed E-state index contributed by atoms with van der Waals surface area (Å²) in [7, 11) is 0. The minimum absolute atomic E-state index is 0.0579. The summed E-state index contributed by atoms with van der Waals surface area (Å²) >= 11 is 0. The number of benzene rings is 3. The van der Waals surface area contributed by atoms with Crippen LogP contribution in [0, 0.1) is 0 Å². The normalized spacial score (nSPS) is 10.8. The minimum Gasteiger partial charge on any atom is -0.478 e. The fraction of sp³-hybridized carbons (Fsp3) is 0.222. The van der Waals surface area contributed by atoms with E-state index in [0.29, 0.717) is 24.5 Å². The number of carbonyl (C=O) groups excluding carboxylic acids is 1. The van der Waals surface area contributed by atoms with E-state index in [4.69, 9.17) is 0 Å². The highest BCUT2D eigenvalue weighted by Gasteiger charge is 2.18. The lowest BCUT2D eigenvalue weighted by molar-refractivity contribution is -0.131. The molecule has 1 amide bonds. The van der Waals surface area contributed by atoms with Crippen LogP contribution < -0.4 is 0 Å². The molecule has 178 valence electrons. The Morgan fingerprint density at radius 1 is 0.943 bits per heavy atom. The number of nitrogens with one attached hydrogen (secondary N) is 1. The molecule has 8 heteroatoms. The highest BCUT2D eigenvalue weighted by molar-refractivity contribution is 5.91. The lowest BCUT2D eigenvalue weighted by atomic mass is 9.98. The molecule has 0 saturated carbocycles. The quantitative estimate of drug-likeness (QED) is 0.351. The summed E-state index contributed by atoms with van der Waals surface area (Å²) in [4.78, 5) is 26.5. The highest BCUT2D eigenvalue weighted by atomic mass is 16.4. The minimum atomic E-state index is -1.02. The summed E-state index contributed by atoms with van der Waals surface area (Å²) in [5, 5.41) is 23.8. The number of tetrazole rings is 1. The van der Waals surface area contributed by atoms with Crippen molar-refractivity contribution in [2.24, 2.45) is 0 Å². The van der Waals surface area contributed by atoms with Gasteiger partial charge in [-0.1, -0.05) is 80.1 Å². The van der Waals surface area contributed by atoms with E-state index >= 15 is 0 Å². The number of hydrogen-bond donors (Lipinski definition) is 2. The summed E-state index contributed by atoms with van der Waals surface area (Å²) < 4.78 is 0. The average Bonchev–Trinajstić information content (AvgIpc) is 3.42. The first-order valence-corrected chi connectivity index (χ1v) is 11.6.